The predicted molar refractivity (Wildman–Crippen MR) is 109 cm³/mol. The van der Waals surface area contributed by atoms with Crippen LogP contribution in [0.1, 0.15) is 45.0 Å². The van der Waals surface area contributed by atoms with Crippen LogP contribution in [0.4, 0.5) is 0 Å². The SMILES string of the molecule is CC(C)(C)c1nc2ccc(S(=O)(=O)N3C4CCNCC3CC4)cc2s1.Cl. The monoisotopic (exact) mass is 415 g/mol. The van der Waals surface area contributed by atoms with E-state index in [1.54, 1.807) is 21.7 Å². The Hall–Kier alpha value is -0.730. The van der Waals surface area contributed by atoms with E-state index >= 15 is 0 Å². The van der Waals surface area contributed by atoms with Crippen LogP contribution in [0, 0.1) is 0 Å². The number of aromatic nitrogens is 1. The second-order valence-corrected chi connectivity index (χ2v) is 11.0. The minimum absolute atomic E-state index is 0. The van der Waals surface area contributed by atoms with Crippen molar-refractivity contribution < 1.29 is 8.42 Å². The van der Waals surface area contributed by atoms with E-state index in [1.165, 1.54) is 0 Å². The molecule has 3 heterocycles. The summed E-state index contributed by atoms with van der Waals surface area (Å²) in [7, 11) is -3.47. The molecule has 144 valence electrons. The van der Waals surface area contributed by atoms with Gasteiger partial charge in [0.05, 0.1) is 20.1 Å². The van der Waals surface area contributed by atoms with Gasteiger partial charge in [0.2, 0.25) is 10.0 Å². The Kier molecular flexibility index (Phi) is 5.40. The summed E-state index contributed by atoms with van der Waals surface area (Å²) in [5, 5.41) is 4.41. The van der Waals surface area contributed by atoms with Gasteiger partial charge in [0.15, 0.2) is 0 Å². The third kappa shape index (κ3) is 3.40. The molecule has 2 bridgehead atoms. The zero-order chi connectivity index (χ0) is 17.8. The molecule has 0 saturated carbocycles. The first-order chi connectivity index (χ1) is 11.8. The van der Waals surface area contributed by atoms with Gasteiger partial charge in [-0.1, -0.05) is 20.8 Å². The van der Waals surface area contributed by atoms with E-state index in [4.69, 9.17) is 0 Å². The predicted octanol–water partition coefficient (Wildman–Crippen LogP) is 3.53. The Labute approximate surface area is 165 Å². The second-order valence-electron chi connectivity index (χ2n) is 8.11. The van der Waals surface area contributed by atoms with E-state index < -0.39 is 10.0 Å². The lowest BCUT2D eigenvalue weighted by Gasteiger charge is -2.26. The first kappa shape index (κ1) is 20.0. The number of nitrogens with one attached hydrogen (secondary N) is 1. The third-order valence-corrected chi connectivity index (χ3v) is 8.61. The zero-order valence-electron chi connectivity index (χ0n) is 15.4. The van der Waals surface area contributed by atoms with E-state index in [9.17, 15) is 8.42 Å². The molecule has 0 aliphatic carbocycles. The van der Waals surface area contributed by atoms with Crippen molar-refractivity contribution in [3.63, 3.8) is 0 Å². The maximum atomic E-state index is 13.3. The fourth-order valence-corrected chi connectivity index (χ4v) is 6.90. The summed E-state index contributed by atoms with van der Waals surface area (Å²) < 4.78 is 29.4. The van der Waals surface area contributed by atoms with E-state index in [2.05, 4.69) is 31.1 Å². The molecule has 2 aromatic rings. The number of benzene rings is 1. The summed E-state index contributed by atoms with van der Waals surface area (Å²) in [6.45, 7) is 8.04. The smallest absolute Gasteiger partial charge is 0.243 e. The Morgan fingerprint density at radius 2 is 1.92 bits per heavy atom. The number of fused-ring (bicyclic) bond motifs is 3. The van der Waals surface area contributed by atoms with Crippen molar-refractivity contribution in [3.8, 4) is 0 Å². The Bertz CT molecular complexity index is 891. The topological polar surface area (TPSA) is 62.3 Å². The Morgan fingerprint density at radius 1 is 1.19 bits per heavy atom. The van der Waals surface area contributed by atoms with Gasteiger partial charge in [0.1, 0.15) is 0 Å². The van der Waals surface area contributed by atoms with Gasteiger partial charge >= 0.3 is 0 Å². The van der Waals surface area contributed by atoms with Gasteiger partial charge in [-0.05, 0) is 44.0 Å². The summed E-state index contributed by atoms with van der Waals surface area (Å²) in [4.78, 5) is 5.08. The molecule has 5 nitrogen and oxygen atoms in total. The molecular weight excluding hydrogens is 390 g/mol. The first-order valence-corrected chi connectivity index (χ1v) is 11.2. The van der Waals surface area contributed by atoms with Crippen LogP contribution < -0.4 is 5.32 Å². The van der Waals surface area contributed by atoms with Gasteiger partial charge in [-0.25, -0.2) is 13.4 Å². The average Bonchev–Trinajstić information content (AvgIpc) is 3.06. The van der Waals surface area contributed by atoms with Gasteiger partial charge in [0.25, 0.3) is 0 Å². The quantitative estimate of drug-likeness (QED) is 0.814. The first-order valence-electron chi connectivity index (χ1n) is 8.92. The largest absolute Gasteiger partial charge is 0.315 e. The number of thiazole rings is 1. The standard InChI is InChI=1S/C18H25N3O2S2.ClH/c1-18(2,3)17-20-15-7-6-14(10-16(15)24-17)25(22,23)21-12-4-5-13(21)11-19-9-8-12;/h6-7,10,12-13,19H,4-5,8-9,11H2,1-3H3;1H. The molecule has 2 atom stereocenters. The lowest BCUT2D eigenvalue weighted by molar-refractivity contribution is 0.334. The van der Waals surface area contributed by atoms with Crippen molar-refractivity contribution in [2.75, 3.05) is 13.1 Å². The number of nitrogens with zero attached hydrogens (tertiary/aromatic N) is 2. The molecule has 2 aliphatic heterocycles. The summed E-state index contributed by atoms with van der Waals surface area (Å²) in [6.07, 6.45) is 2.82. The van der Waals surface area contributed by atoms with Crippen LogP contribution in [0.5, 0.6) is 0 Å². The Balaban J connectivity index is 0.00000196. The fourth-order valence-electron chi connectivity index (χ4n) is 3.84. The van der Waals surface area contributed by atoms with Crippen LogP contribution in [-0.4, -0.2) is 42.9 Å². The molecule has 2 saturated heterocycles. The highest BCUT2D eigenvalue weighted by Gasteiger charge is 2.43. The minimum Gasteiger partial charge on any atom is -0.315 e. The number of hydrogen-bond donors (Lipinski definition) is 1. The van der Waals surface area contributed by atoms with Crippen LogP contribution in [0.15, 0.2) is 23.1 Å². The van der Waals surface area contributed by atoms with Gasteiger partial charge in [-0.3, -0.25) is 0 Å². The van der Waals surface area contributed by atoms with Crippen LogP contribution in [0.2, 0.25) is 0 Å². The van der Waals surface area contributed by atoms with Crippen molar-refractivity contribution in [2.45, 2.75) is 62.4 Å². The highest BCUT2D eigenvalue weighted by molar-refractivity contribution is 7.89. The highest BCUT2D eigenvalue weighted by Crippen LogP contribution is 2.36. The molecule has 2 fully saturated rings. The molecule has 1 aromatic heterocycles. The summed E-state index contributed by atoms with van der Waals surface area (Å²) >= 11 is 1.60. The molecule has 2 aliphatic rings. The molecular formula is C18H26ClN3O2S2. The normalized spacial score (nSPS) is 24.4. The van der Waals surface area contributed by atoms with Crippen molar-refractivity contribution >= 4 is 44.0 Å². The maximum absolute atomic E-state index is 13.3. The van der Waals surface area contributed by atoms with E-state index in [0.29, 0.717) is 4.90 Å². The third-order valence-electron chi connectivity index (χ3n) is 5.16. The average molecular weight is 416 g/mol. The summed E-state index contributed by atoms with van der Waals surface area (Å²) in [5.41, 5.74) is 0.854. The van der Waals surface area contributed by atoms with E-state index in [1.807, 2.05) is 12.1 Å². The van der Waals surface area contributed by atoms with Gasteiger partial charge < -0.3 is 5.32 Å². The van der Waals surface area contributed by atoms with Crippen LogP contribution in [0.25, 0.3) is 10.2 Å². The fraction of sp³-hybridized carbons (Fsp3) is 0.611. The van der Waals surface area contributed by atoms with E-state index in [0.717, 1.165) is 47.6 Å². The molecule has 26 heavy (non-hydrogen) atoms. The molecule has 2 unspecified atom stereocenters. The molecule has 4 rings (SSSR count). The van der Waals surface area contributed by atoms with Crippen molar-refractivity contribution in [2.24, 2.45) is 0 Å². The van der Waals surface area contributed by atoms with Crippen LogP contribution in [0.3, 0.4) is 0 Å². The van der Waals surface area contributed by atoms with Gasteiger partial charge in [-0.2, -0.15) is 4.31 Å². The maximum Gasteiger partial charge on any atom is 0.243 e. The van der Waals surface area contributed by atoms with Gasteiger partial charge in [0, 0.05) is 24.0 Å². The molecule has 0 radical (unpaired) electrons. The molecule has 0 amide bonds. The highest BCUT2D eigenvalue weighted by atomic mass is 35.5. The van der Waals surface area contributed by atoms with Crippen molar-refractivity contribution in [3.05, 3.63) is 23.2 Å². The van der Waals surface area contributed by atoms with Crippen LogP contribution >= 0.6 is 23.7 Å². The summed E-state index contributed by atoms with van der Waals surface area (Å²) in [6, 6.07) is 5.61. The number of rotatable bonds is 2. The molecule has 0 spiro atoms. The number of halogens is 1. The number of sulfonamides is 1. The van der Waals surface area contributed by atoms with Crippen LogP contribution in [-0.2, 0) is 15.4 Å². The van der Waals surface area contributed by atoms with Crippen molar-refractivity contribution in [1.82, 2.24) is 14.6 Å². The minimum atomic E-state index is -3.47. The molecule has 8 heteroatoms. The molecule has 1 N–H and O–H groups in total. The Morgan fingerprint density at radius 3 is 2.65 bits per heavy atom. The van der Waals surface area contributed by atoms with E-state index in [-0.39, 0.29) is 29.9 Å². The number of hydrogen-bond acceptors (Lipinski definition) is 5. The van der Waals surface area contributed by atoms with Crippen molar-refractivity contribution in [1.29, 1.82) is 0 Å². The zero-order valence-corrected chi connectivity index (χ0v) is 17.8. The lowest BCUT2D eigenvalue weighted by Crippen LogP contribution is -2.42. The second kappa shape index (κ2) is 7.02. The van der Waals surface area contributed by atoms with Gasteiger partial charge in [-0.15, -0.1) is 23.7 Å². The summed E-state index contributed by atoms with van der Waals surface area (Å²) in [5.74, 6) is 0. The lowest BCUT2D eigenvalue weighted by atomic mass is 9.98. The molecule has 1 aromatic carbocycles.